The molecule has 10 rings (SSSR count). The molecule has 50 heavy (non-hydrogen) atoms. The van der Waals surface area contributed by atoms with E-state index < -0.39 is 0 Å². The monoisotopic (exact) mass is 656 g/mol. The summed E-state index contributed by atoms with van der Waals surface area (Å²) in [5.41, 5.74) is 12.4. The molecule has 1 aliphatic heterocycles. The average molecular weight is 657 g/mol. The van der Waals surface area contributed by atoms with Crippen LogP contribution in [0.5, 0.6) is 0 Å². The zero-order valence-corrected chi connectivity index (χ0v) is 27.7. The first-order valence-electron chi connectivity index (χ1n) is 16.7. The lowest BCUT2D eigenvalue weighted by Gasteiger charge is -2.39. The van der Waals surface area contributed by atoms with E-state index in [9.17, 15) is 0 Å². The summed E-state index contributed by atoms with van der Waals surface area (Å²) in [4.78, 5) is 21.8. The Hall–Kier alpha value is -6.17. The zero-order valence-electron chi connectivity index (χ0n) is 26.9. The van der Waals surface area contributed by atoms with Gasteiger partial charge in [-0.05, 0) is 74.8 Å². The Balaban J connectivity index is 1.12. The molecule has 6 aromatic carbocycles. The van der Waals surface area contributed by atoms with Gasteiger partial charge in [-0.25, -0.2) is 15.0 Å². The van der Waals surface area contributed by atoms with E-state index in [1.807, 2.05) is 60.3 Å². The molecule has 0 fully saturated rings. The standard InChI is InChI=1S/C45H28N4S/c1-2-13-29(14-3-1)42-47-43(49-44(48-42)39-22-10-11-26-46-39)32-16-12-15-30(27-32)31-24-25-38-41(28-31)50-40-23-9-8-21-37(40)45(38)35-19-6-4-17-33(35)34-18-5-7-20-36(34)45/h1-28H. The number of fused-ring (bicyclic) bond motifs is 9. The third-order valence-electron chi connectivity index (χ3n) is 9.86. The lowest BCUT2D eigenvalue weighted by Crippen LogP contribution is -2.31. The summed E-state index contributed by atoms with van der Waals surface area (Å²) in [6.07, 6.45) is 1.76. The summed E-state index contributed by atoms with van der Waals surface area (Å²) in [6, 6.07) is 58.1. The van der Waals surface area contributed by atoms with Crippen LogP contribution in [0.4, 0.5) is 0 Å². The van der Waals surface area contributed by atoms with E-state index in [1.54, 1.807) is 6.20 Å². The fraction of sp³-hybridized carbons (Fsp3) is 0.0222. The lowest BCUT2D eigenvalue weighted by molar-refractivity contribution is 0.722. The molecule has 0 bridgehead atoms. The van der Waals surface area contributed by atoms with Crippen molar-refractivity contribution >= 4 is 11.8 Å². The summed E-state index contributed by atoms with van der Waals surface area (Å²) in [5.74, 6) is 1.78. The molecular weight excluding hydrogens is 629 g/mol. The maximum absolute atomic E-state index is 4.97. The fourth-order valence-electron chi connectivity index (χ4n) is 7.71. The largest absolute Gasteiger partial charge is 0.253 e. The maximum Gasteiger partial charge on any atom is 0.182 e. The molecule has 0 unspecified atom stereocenters. The van der Waals surface area contributed by atoms with Crippen molar-refractivity contribution in [1.82, 2.24) is 19.9 Å². The van der Waals surface area contributed by atoms with Gasteiger partial charge in [0.05, 0.1) is 5.41 Å². The second kappa shape index (κ2) is 11.5. The van der Waals surface area contributed by atoms with Crippen LogP contribution in [0, 0.1) is 0 Å². The van der Waals surface area contributed by atoms with Gasteiger partial charge in [-0.3, -0.25) is 4.98 Å². The van der Waals surface area contributed by atoms with Crippen LogP contribution in [0.2, 0.25) is 0 Å². The third kappa shape index (κ3) is 4.40. The van der Waals surface area contributed by atoms with Gasteiger partial charge >= 0.3 is 0 Å². The van der Waals surface area contributed by atoms with E-state index in [0.717, 1.165) is 22.3 Å². The molecule has 0 amide bonds. The number of nitrogens with zero attached hydrogens (tertiary/aromatic N) is 4. The van der Waals surface area contributed by atoms with Crippen molar-refractivity contribution in [3.63, 3.8) is 0 Å². The molecule has 0 saturated heterocycles. The third-order valence-corrected chi connectivity index (χ3v) is 11.0. The minimum atomic E-state index is -0.384. The first-order valence-corrected chi connectivity index (χ1v) is 17.5. The highest BCUT2D eigenvalue weighted by Gasteiger charge is 2.49. The Morgan fingerprint density at radius 3 is 1.72 bits per heavy atom. The topological polar surface area (TPSA) is 51.6 Å². The minimum absolute atomic E-state index is 0.384. The number of hydrogen-bond donors (Lipinski definition) is 0. The highest BCUT2D eigenvalue weighted by Crippen LogP contribution is 2.62. The van der Waals surface area contributed by atoms with Crippen LogP contribution in [-0.4, -0.2) is 19.9 Å². The number of aromatic nitrogens is 4. The Kier molecular flexibility index (Phi) is 6.61. The van der Waals surface area contributed by atoms with Crippen molar-refractivity contribution in [2.75, 3.05) is 0 Å². The van der Waals surface area contributed by atoms with E-state index in [1.165, 1.54) is 43.2 Å². The van der Waals surface area contributed by atoms with Crippen molar-refractivity contribution < 1.29 is 0 Å². The van der Waals surface area contributed by atoms with Crippen molar-refractivity contribution in [3.8, 4) is 56.5 Å². The number of rotatable bonds is 4. The first-order chi connectivity index (χ1) is 24.8. The average Bonchev–Trinajstić information content (AvgIpc) is 3.49. The Morgan fingerprint density at radius 2 is 0.960 bits per heavy atom. The molecule has 1 aliphatic carbocycles. The van der Waals surface area contributed by atoms with Gasteiger partial charge in [0.25, 0.3) is 0 Å². The normalized spacial score (nSPS) is 13.3. The summed E-state index contributed by atoms with van der Waals surface area (Å²) in [7, 11) is 0. The quantitative estimate of drug-likeness (QED) is 0.189. The van der Waals surface area contributed by atoms with Gasteiger partial charge in [-0.15, -0.1) is 0 Å². The van der Waals surface area contributed by atoms with Crippen molar-refractivity contribution in [2.24, 2.45) is 0 Å². The van der Waals surface area contributed by atoms with Crippen LogP contribution >= 0.6 is 11.8 Å². The van der Waals surface area contributed by atoms with Crippen LogP contribution < -0.4 is 0 Å². The second-order valence-corrected chi connectivity index (χ2v) is 13.7. The van der Waals surface area contributed by atoms with Gasteiger partial charge in [0.2, 0.25) is 0 Å². The van der Waals surface area contributed by atoms with E-state index in [2.05, 4.69) is 120 Å². The van der Waals surface area contributed by atoms with Crippen molar-refractivity contribution in [3.05, 3.63) is 192 Å². The molecule has 0 saturated carbocycles. The minimum Gasteiger partial charge on any atom is -0.253 e. The molecule has 0 N–H and O–H groups in total. The van der Waals surface area contributed by atoms with E-state index >= 15 is 0 Å². The SMILES string of the molecule is c1ccc(-c2nc(-c3cccc(-c4ccc5c(c4)Sc4ccccc4C54c5ccccc5-c5ccccc54)c3)nc(-c3ccccn3)n2)cc1. The first kappa shape index (κ1) is 28.8. The Bertz CT molecular complexity index is 2480. The lowest BCUT2D eigenvalue weighted by atomic mass is 9.67. The van der Waals surface area contributed by atoms with E-state index in [-0.39, 0.29) is 5.41 Å². The predicted octanol–water partition coefficient (Wildman–Crippen LogP) is 10.8. The number of hydrogen-bond acceptors (Lipinski definition) is 5. The molecule has 5 heteroatoms. The molecule has 1 spiro atoms. The summed E-state index contributed by atoms with van der Waals surface area (Å²) >= 11 is 1.86. The summed E-state index contributed by atoms with van der Waals surface area (Å²) in [6.45, 7) is 0. The van der Waals surface area contributed by atoms with Crippen LogP contribution in [0.3, 0.4) is 0 Å². The van der Waals surface area contributed by atoms with Gasteiger partial charge in [-0.2, -0.15) is 0 Å². The fourth-order valence-corrected chi connectivity index (χ4v) is 8.94. The Labute approximate surface area is 294 Å². The van der Waals surface area contributed by atoms with Crippen LogP contribution in [0.15, 0.2) is 180 Å². The number of pyridine rings is 1. The number of benzene rings is 6. The molecule has 0 atom stereocenters. The molecular formula is C45H28N4S. The summed E-state index contributed by atoms with van der Waals surface area (Å²) in [5, 5.41) is 0. The highest BCUT2D eigenvalue weighted by atomic mass is 32.2. The van der Waals surface area contributed by atoms with Gasteiger partial charge < -0.3 is 0 Å². The van der Waals surface area contributed by atoms with Crippen LogP contribution in [0.25, 0.3) is 56.5 Å². The zero-order chi connectivity index (χ0) is 33.1. The molecule has 8 aromatic rings. The van der Waals surface area contributed by atoms with E-state index in [0.29, 0.717) is 23.2 Å². The second-order valence-electron chi connectivity index (χ2n) is 12.6. The summed E-state index contributed by atoms with van der Waals surface area (Å²) < 4.78 is 0. The highest BCUT2D eigenvalue weighted by molar-refractivity contribution is 7.99. The van der Waals surface area contributed by atoms with Gasteiger partial charge in [0.1, 0.15) is 5.69 Å². The van der Waals surface area contributed by atoms with E-state index in [4.69, 9.17) is 15.0 Å². The van der Waals surface area contributed by atoms with Gasteiger partial charge in [0, 0.05) is 27.1 Å². The van der Waals surface area contributed by atoms with Crippen LogP contribution in [0.1, 0.15) is 22.3 Å². The predicted molar refractivity (Wildman–Crippen MR) is 201 cm³/mol. The van der Waals surface area contributed by atoms with Gasteiger partial charge in [0.15, 0.2) is 17.5 Å². The molecule has 4 nitrogen and oxygen atoms in total. The maximum atomic E-state index is 4.97. The smallest absolute Gasteiger partial charge is 0.182 e. The molecule has 234 valence electrons. The van der Waals surface area contributed by atoms with Crippen LogP contribution in [-0.2, 0) is 5.41 Å². The van der Waals surface area contributed by atoms with Crippen molar-refractivity contribution in [2.45, 2.75) is 15.2 Å². The Morgan fingerprint density at radius 1 is 0.380 bits per heavy atom. The molecule has 3 heterocycles. The van der Waals surface area contributed by atoms with Gasteiger partial charge in [-0.1, -0.05) is 145 Å². The molecule has 2 aliphatic rings. The molecule has 0 radical (unpaired) electrons. The molecule has 2 aromatic heterocycles. The van der Waals surface area contributed by atoms with Crippen molar-refractivity contribution in [1.29, 1.82) is 0 Å².